The average molecular weight is 371 g/mol. The predicted octanol–water partition coefficient (Wildman–Crippen LogP) is 0.590. The molecule has 0 heterocycles. The zero-order chi connectivity index (χ0) is 13.5. The summed E-state index contributed by atoms with van der Waals surface area (Å²) in [6.45, 7) is 5.53. The summed E-state index contributed by atoms with van der Waals surface area (Å²) in [6, 6.07) is 0. The van der Waals surface area contributed by atoms with Crippen LogP contribution in [-0.4, -0.2) is 43.0 Å². The Bertz CT molecular complexity index is 262. The average Bonchev–Trinajstić information content (AvgIpc) is 2.11. The van der Waals surface area contributed by atoms with Crippen molar-refractivity contribution in [1.82, 2.24) is 0 Å². The van der Waals surface area contributed by atoms with Gasteiger partial charge in [-0.2, -0.15) is 0 Å². The number of hydrogen-bond acceptors (Lipinski definition) is 6. The SMILES string of the molecule is CCC[CH2][Sn]([O]C(C)=O)([O]C(C)=O)[O]C(C)=O.O. The maximum Gasteiger partial charge on any atom is -0.412 e. The molecule has 0 fully saturated rings. The van der Waals surface area contributed by atoms with Crippen LogP contribution in [0.25, 0.3) is 0 Å². The largest absolute Gasteiger partial charge is 0.412 e. The number of rotatable bonds is 6. The molecule has 0 amide bonds. The zero-order valence-corrected chi connectivity index (χ0v) is 13.9. The van der Waals surface area contributed by atoms with E-state index in [0.717, 1.165) is 6.42 Å². The fraction of sp³-hybridized carbons (Fsp3) is 0.700. The second-order valence-electron chi connectivity index (χ2n) is 3.57. The van der Waals surface area contributed by atoms with Gasteiger partial charge < -0.3 is 5.48 Å². The Morgan fingerprint density at radius 2 is 1.22 bits per heavy atom. The van der Waals surface area contributed by atoms with Crippen molar-refractivity contribution in [3.63, 3.8) is 0 Å². The quantitative estimate of drug-likeness (QED) is 0.632. The van der Waals surface area contributed by atoms with Gasteiger partial charge in [-0.25, -0.2) is 0 Å². The van der Waals surface area contributed by atoms with E-state index in [2.05, 4.69) is 0 Å². The molecule has 0 bridgehead atoms. The number of unbranched alkanes of at least 4 members (excludes halogenated alkanes) is 1. The van der Waals surface area contributed by atoms with E-state index in [1.54, 1.807) is 0 Å². The fourth-order valence-electron chi connectivity index (χ4n) is 1.27. The molecule has 0 aromatic rings. The van der Waals surface area contributed by atoms with Crippen molar-refractivity contribution in [3.05, 3.63) is 0 Å². The van der Waals surface area contributed by atoms with Crippen molar-refractivity contribution in [2.75, 3.05) is 0 Å². The molecule has 0 rings (SSSR count). The van der Waals surface area contributed by atoms with Crippen LogP contribution < -0.4 is 0 Å². The molecule has 0 aliphatic heterocycles. The third-order valence-electron chi connectivity index (χ3n) is 1.73. The van der Waals surface area contributed by atoms with Crippen LogP contribution in [0.3, 0.4) is 0 Å². The minimum Gasteiger partial charge on any atom is -0.412 e. The third kappa shape index (κ3) is 8.29. The summed E-state index contributed by atoms with van der Waals surface area (Å²) in [5.41, 5.74) is 0. The van der Waals surface area contributed by atoms with Crippen LogP contribution in [0.15, 0.2) is 0 Å². The van der Waals surface area contributed by atoms with Crippen molar-refractivity contribution in [2.24, 2.45) is 0 Å². The molecule has 0 aromatic heterocycles. The van der Waals surface area contributed by atoms with Gasteiger partial charge in [-0.05, 0) is 0 Å². The molecular formula is C10H20O7Sn. The van der Waals surface area contributed by atoms with Crippen molar-refractivity contribution in [2.45, 2.75) is 45.0 Å². The Morgan fingerprint density at radius 1 is 0.889 bits per heavy atom. The van der Waals surface area contributed by atoms with Crippen LogP contribution in [0.1, 0.15) is 40.5 Å². The first-order valence-corrected chi connectivity index (χ1v) is 10.9. The van der Waals surface area contributed by atoms with Crippen molar-refractivity contribution in [1.29, 1.82) is 0 Å². The number of carbonyl (C=O) groups is 3. The molecule has 0 atom stereocenters. The molecule has 0 radical (unpaired) electrons. The molecule has 0 saturated heterocycles. The maximum atomic E-state index is 11.0. The summed E-state index contributed by atoms with van der Waals surface area (Å²) in [4.78, 5) is 33.1. The van der Waals surface area contributed by atoms with Crippen LogP contribution in [0.5, 0.6) is 0 Å². The Kier molecular flexibility index (Phi) is 9.91. The van der Waals surface area contributed by atoms with Gasteiger partial charge in [-0.15, -0.1) is 0 Å². The molecule has 0 aliphatic rings. The summed E-state index contributed by atoms with van der Waals surface area (Å²) in [7, 11) is 0. The summed E-state index contributed by atoms with van der Waals surface area (Å²) in [5.74, 6) is -1.79. The van der Waals surface area contributed by atoms with Gasteiger partial charge in [0.2, 0.25) is 0 Å². The first-order valence-electron chi connectivity index (χ1n) is 5.40. The van der Waals surface area contributed by atoms with Crippen molar-refractivity contribution < 1.29 is 29.1 Å². The van der Waals surface area contributed by atoms with Gasteiger partial charge in [-0.3, -0.25) is 0 Å². The van der Waals surface area contributed by atoms with Crippen LogP contribution in [-0.2, 0) is 23.6 Å². The second-order valence-corrected chi connectivity index (χ2v) is 10.6. The molecule has 0 unspecified atom stereocenters. The topological polar surface area (TPSA) is 110 Å². The molecule has 18 heavy (non-hydrogen) atoms. The van der Waals surface area contributed by atoms with E-state index >= 15 is 0 Å². The van der Waals surface area contributed by atoms with Gasteiger partial charge >= 0.3 is 106 Å². The normalized spacial score (nSPS) is 10.0. The number of hydrogen-bond donors (Lipinski definition) is 0. The van der Waals surface area contributed by atoms with Crippen LogP contribution in [0.2, 0.25) is 4.44 Å². The Morgan fingerprint density at radius 3 is 1.44 bits per heavy atom. The Labute approximate surface area is 112 Å². The van der Waals surface area contributed by atoms with Gasteiger partial charge in [0, 0.05) is 0 Å². The molecule has 0 saturated carbocycles. The molecule has 0 aliphatic carbocycles. The van der Waals surface area contributed by atoms with Crippen molar-refractivity contribution >= 4 is 37.5 Å². The van der Waals surface area contributed by atoms with Crippen LogP contribution in [0, 0.1) is 0 Å². The molecule has 0 aromatic carbocycles. The van der Waals surface area contributed by atoms with Crippen LogP contribution in [0.4, 0.5) is 0 Å². The number of carbonyl (C=O) groups excluding carboxylic acids is 3. The van der Waals surface area contributed by atoms with E-state index in [-0.39, 0.29) is 5.48 Å². The molecule has 8 heteroatoms. The summed E-state index contributed by atoms with van der Waals surface area (Å²) in [5, 5.41) is 0. The molecule has 7 nitrogen and oxygen atoms in total. The summed E-state index contributed by atoms with van der Waals surface area (Å²) in [6.07, 6.45) is 1.49. The Hall–Kier alpha value is -0.831. The molecular weight excluding hydrogens is 351 g/mol. The smallest absolute Gasteiger partial charge is 0.412 e. The summed E-state index contributed by atoms with van der Waals surface area (Å²) >= 11 is -4.39. The summed E-state index contributed by atoms with van der Waals surface area (Å²) < 4.78 is 15.5. The monoisotopic (exact) mass is 372 g/mol. The van der Waals surface area contributed by atoms with E-state index in [0.29, 0.717) is 10.9 Å². The molecule has 2 N–H and O–H groups in total. The first-order chi connectivity index (χ1) is 7.81. The van der Waals surface area contributed by atoms with E-state index < -0.39 is 37.5 Å². The molecule has 0 spiro atoms. The minimum absolute atomic E-state index is 0. The van der Waals surface area contributed by atoms with Gasteiger partial charge in [0.25, 0.3) is 0 Å². The molecule has 106 valence electrons. The first kappa shape index (κ1) is 19.5. The van der Waals surface area contributed by atoms with Gasteiger partial charge in [0.05, 0.1) is 0 Å². The van der Waals surface area contributed by atoms with Gasteiger partial charge in [-0.1, -0.05) is 0 Å². The predicted molar refractivity (Wildman–Crippen MR) is 64.4 cm³/mol. The van der Waals surface area contributed by atoms with Gasteiger partial charge in [0.15, 0.2) is 0 Å². The second kappa shape index (κ2) is 9.15. The van der Waals surface area contributed by atoms with Crippen LogP contribution >= 0.6 is 0 Å². The van der Waals surface area contributed by atoms with Gasteiger partial charge in [0.1, 0.15) is 0 Å². The van der Waals surface area contributed by atoms with Crippen molar-refractivity contribution in [3.8, 4) is 0 Å². The van der Waals surface area contributed by atoms with E-state index in [1.165, 1.54) is 20.8 Å². The standard InChI is InChI=1S/C4H9.3C2H4O2.H2O.Sn/c1-3-4-2;3*1-2(3)4;;/h1,3-4H2,2H3;3*1H3,(H,3,4);1H2;/q;;;;;+3/p-3. The Balaban J connectivity index is 0. The maximum absolute atomic E-state index is 11.0. The zero-order valence-electron chi connectivity index (χ0n) is 11.1. The minimum atomic E-state index is -4.39. The fourth-order valence-corrected chi connectivity index (χ4v) is 8.49. The third-order valence-corrected chi connectivity index (χ3v) is 9.62. The van der Waals surface area contributed by atoms with E-state index in [9.17, 15) is 14.4 Å². The van der Waals surface area contributed by atoms with E-state index in [4.69, 9.17) is 9.22 Å². The van der Waals surface area contributed by atoms with E-state index in [1.807, 2.05) is 6.92 Å².